The van der Waals surface area contributed by atoms with Gasteiger partial charge in [0, 0.05) is 17.6 Å². The summed E-state index contributed by atoms with van der Waals surface area (Å²) >= 11 is 5.93. The van der Waals surface area contributed by atoms with E-state index in [1.807, 2.05) is 12.1 Å². The van der Waals surface area contributed by atoms with Crippen LogP contribution in [-0.2, 0) is 0 Å². The highest BCUT2D eigenvalue weighted by molar-refractivity contribution is 6.30. The molecule has 1 fully saturated rings. The van der Waals surface area contributed by atoms with Crippen molar-refractivity contribution in [3.05, 3.63) is 28.8 Å². The van der Waals surface area contributed by atoms with Crippen molar-refractivity contribution in [1.29, 1.82) is 5.26 Å². The van der Waals surface area contributed by atoms with Crippen molar-refractivity contribution in [3.63, 3.8) is 0 Å². The standard InChI is InChI=1S/C14H17ClN2/c1-10-3-4-11(2)17(9-10)14-6-5-13(15)7-12(14)8-16/h5-7,10-11H,3-4,9H2,1-2H3. The third-order valence-electron chi connectivity index (χ3n) is 3.51. The van der Waals surface area contributed by atoms with Gasteiger partial charge in [-0.15, -0.1) is 0 Å². The van der Waals surface area contributed by atoms with Crippen molar-refractivity contribution in [2.45, 2.75) is 32.7 Å². The van der Waals surface area contributed by atoms with E-state index in [0.29, 0.717) is 22.5 Å². The van der Waals surface area contributed by atoms with Gasteiger partial charge < -0.3 is 4.90 Å². The second-order valence-corrected chi connectivity index (χ2v) is 5.39. The summed E-state index contributed by atoms with van der Waals surface area (Å²) in [7, 11) is 0. The summed E-state index contributed by atoms with van der Waals surface area (Å²) in [4.78, 5) is 2.34. The number of nitriles is 1. The summed E-state index contributed by atoms with van der Waals surface area (Å²) in [6.45, 7) is 5.51. The first-order valence-electron chi connectivity index (χ1n) is 6.08. The smallest absolute Gasteiger partial charge is 0.101 e. The second-order valence-electron chi connectivity index (χ2n) is 4.96. The van der Waals surface area contributed by atoms with Gasteiger partial charge in [-0.25, -0.2) is 0 Å². The normalized spacial score (nSPS) is 24.5. The predicted molar refractivity (Wildman–Crippen MR) is 71.4 cm³/mol. The molecule has 2 unspecified atom stereocenters. The van der Waals surface area contributed by atoms with E-state index in [4.69, 9.17) is 11.6 Å². The van der Waals surface area contributed by atoms with Gasteiger partial charge in [-0.1, -0.05) is 18.5 Å². The molecule has 3 heteroatoms. The van der Waals surface area contributed by atoms with Crippen molar-refractivity contribution < 1.29 is 0 Å². The Morgan fingerprint density at radius 2 is 2.12 bits per heavy atom. The van der Waals surface area contributed by atoms with Gasteiger partial charge in [0.25, 0.3) is 0 Å². The molecule has 1 saturated heterocycles. The molecule has 2 rings (SSSR count). The maximum atomic E-state index is 9.19. The minimum Gasteiger partial charge on any atom is -0.367 e. The highest BCUT2D eigenvalue weighted by Crippen LogP contribution is 2.31. The number of rotatable bonds is 1. The molecular weight excluding hydrogens is 232 g/mol. The number of benzene rings is 1. The fourth-order valence-corrected chi connectivity index (χ4v) is 2.64. The van der Waals surface area contributed by atoms with Crippen LogP contribution in [0.4, 0.5) is 5.69 Å². The fourth-order valence-electron chi connectivity index (χ4n) is 2.47. The van der Waals surface area contributed by atoms with Crippen molar-refractivity contribution in [2.24, 2.45) is 5.92 Å². The van der Waals surface area contributed by atoms with Crippen LogP contribution >= 0.6 is 11.6 Å². The minimum atomic E-state index is 0.500. The number of piperidine rings is 1. The molecule has 0 aromatic heterocycles. The molecule has 1 aliphatic rings. The molecule has 0 N–H and O–H groups in total. The number of nitrogens with zero attached hydrogens (tertiary/aromatic N) is 2. The van der Waals surface area contributed by atoms with E-state index in [-0.39, 0.29) is 0 Å². The van der Waals surface area contributed by atoms with Gasteiger partial charge in [0.15, 0.2) is 0 Å². The van der Waals surface area contributed by atoms with E-state index < -0.39 is 0 Å². The molecule has 2 atom stereocenters. The molecule has 1 aromatic carbocycles. The first-order chi connectivity index (χ1) is 8.11. The lowest BCUT2D eigenvalue weighted by Crippen LogP contribution is -2.41. The van der Waals surface area contributed by atoms with Crippen LogP contribution in [0.3, 0.4) is 0 Å². The molecule has 2 nitrogen and oxygen atoms in total. The molecule has 1 aromatic rings. The largest absolute Gasteiger partial charge is 0.367 e. The SMILES string of the molecule is CC1CCC(C)N(c2ccc(Cl)cc2C#N)C1. The predicted octanol–water partition coefficient (Wildman–Crippen LogP) is 3.84. The van der Waals surface area contributed by atoms with E-state index in [1.165, 1.54) is 12.8 Å². The lowest BCUT2D eigenvalue weighted by atomic mass is 9.94. The lowest BCUT2D eigenvalue weighted by molar-refractivity contribution is 0.390. The van der Waals surface area contributed by atoms with E-state index in [0.717, 1.165) is 12.2 Å². The second kappa shape index (κ2) is 4.98. The Balaban J connectivity index is 2.35. The molecular formula is C14H17ClN2. The molecule has 17 heavy (non-hydrogen) atoms. The average Bonchev–Trinajstić information content (AvgIpc) is 2.32. The first kappa shape index (κ1) is 12.3. The molecule has 0 spiro atoms. The van der Waals surface area contributed by atoms with E-state index in [9.17, 15) is 5.26 Å². The van der Waals surface area contributed by atoms with Crippen molar-refractivity contribution >= 4 is 17.3 Å². The highest BCUT2D eigenvalue weighted by atomic mass is 35.5. The molecule has 0 bridgehead atoms. The van der Waals surface area contributed by atoms with Gasteiger partial charge >= 0.3 is 0 Å². The Kier molecular flexibility index (Phi) is 3.59. The van der Waals surface area contributed by atoms with Crippen LogP contribution in [0.2, 0.25) is 5.02 Å². The Labute approximate surface area is 108 Å². The van der Waals surface area contributed by atoms with Gasteiger partial charge in [0.05, 0.1) is 11.3 Å². The summed E-state index contributed by atoms with van der Waals surface area (Å²) < 4.78 is 0. The van der Waals surface area contributed by atoms with E-state index in [2.05, 4.69) is 24.8 Å². The average molecular weight is 249 g/mol. The van der Waals surface area contributed by atoms with Crippen molar-refractivity contribution in [2.75, 3.05) is 11.4 Å². The highest BCUT2D eigenvalue weighted by Gasteiger charge is 2.24. The lowest BCUT2D eigenvalue weighted by Gasteiger charge is -2.39. The van der Waals surface area contributed by atoms with Gasteiger partial charge in [-0.3, -0.25) is 0 Å². The molecule has 0 amide bonds. The van der Waals surface area contributed by atoms with Crippen LogP contribution in [0.5, 0.6) is 0 Å². The number of anilines is 1. The van der Waals surface area contributed by atoms with Gasteiger partial charge in [0.2, 0.25) is 0 Å². The summed E-state index contributed by atoms with van der Waals surface area (Å²) in [5.41, 5.74) is 1.70. The van der Waals surface area contributed by atoms with Crippen LogP contribution in [0.1, 0.15) is 32.3 Å². The monoisotopic (exact) mass is 248 g/mol. The summed E-state index contributed by atoms with van der Waals surface area (Å²) in [6, 6.07) is 8.33. The van der Waals surface area contributed by atoms with Crippen LogP contribution in [0, 0.1) is 17.2 Å². The van der Waals surface area contributed by atoms with E-state index >= 15 is 0 Å². The Morgan fingerprint density at radius 3 is 2.82 bits per heavy atom. The Hall–Kier alpha value is -1.20. The van der Waals surface area contributed by atoms with Crippen LogP contribution in [0.15, 0.2) is 18.2 Å². The molecule has 90 valence electrons. The van der Waals surface area contributed by atoms with E-state index in [1.54, 1.807) is 6.07 Å². The summed E-state index contributed by atoms with van der Waals surface area (Å²) in [5.74, 6) is 0.688. The Morgan fingerprint density at radius 1 is 1.35 bits per heavy atom. The van der Waals surface area contributed by atoms with Crippen LogP contribution in [0.25, 0.3) is 0 Å². The number of hydrogen-bond acceptors (Lipinski definition) is 2. The molecule has 0 radical (unpaired) electrons. The summed E-state index contributed by atoms with van der Waals surface area (Å²) in [5, 5.41) is 9.82. The van der Waals surface area contributed by atoms with Gasteiger partial charge in [-0.2, -0.15) is 5.26 Å². The van der Waals surface area contributed by atoms with Crippen molar-refractivity contribution in [1.82, 2.24) is 0 Å². The maximum Gasteiger partial charge on any atom is 0.101 e. The third-order valence-corrected chi connectivity index (χ3v) is 3.74. The molecule has 1 aliphatic heterocycles. The van der Waals surface area contributed by atoms with Gasteiger partial charge in [-0.05, 0) is 43.9 Å². The first-order valence-corrected chi connectivity index (χ1v) is 6.46. The zero-order valence-corrected chi connectivity index (χ0v) is 11.0. The van der Waals surface area contributed by atoms with Crippen LogP contribution < -0.4 is 4.90 Å². The molecule has 0 aliphatic carbocycles. The fraction of sp³-hybridized carbons (Fsp3) is 0.500. The minimum absolute atomic E-state index is 0.500. The number of hydrogen-bond donors (Lipinski definition) is 0. The zero-order chi connectivity index (χ0) is 12.4. The van der Waals surface area contributed by atoms with Gasteiger partial charge in [0.1, 0.15) is 6.07 Å². The van der Waals surface area contributed by atoms with Crippen LogP contribution in [-0.4, -0.2) is 12.6 Å². The van der Waals surface area contributed by atoms with Crippen molar-refractivity contribution in [3.8, 4) is 6.07 Å². The zero-order valence-electron chi connectivity index (χ0n) is 10.3. The molecule has 0 saturated carbocycles. The quantitative estimate of drug-likeness (QED) is 0.755. The third kappa shape index (κ3) is 2.56. The molecule has 1 heterocycles. The Bertz CT molecular complexity index is 450. The maximum absolute atomic E-state index is 9.19. The number of halogens is 1. The topological polar surface area (TPSA) is 27.0 Å². The summed E-state index contributed by atoms with van der Waals surface area (Å²) in [6.07, 6.45) is 2.46.